The van der Waals surface area contributed by atoms with E-state index in [0.717, 1.165) is 19.0 Å². The number of nitrogens with one attached hydrogen (secondary N) is 2. The molecule has 0 radical (unpaired) electrons. The van der Waals surface area contributed by atoms with Crippen LogP contribution in [0.3, 0.4) is 0 Å². The fourth-order valence-corrected chi connectivity index (χ4v) is 3.50. The van der Waals surface area contributed by atoms with Crippen LogP contribution >= 0.6 is 11.3 Å². The van der Waals surface area contributed by atoms with E-state index in [1.165, 1.54) is 37.0 Å². The van der Waals surface area contributed by atoms with Crippen molar-refractivity contribution >= 4 is 17.3 Å². The zero-order chi connectivity index (χ0) is 13.6. The topological polar surface area (TPSA) is 36.4 Å². The molecule has 1 aliphatic carbocycles. The molecule has 0 unspecified atom stereocenters. The number of aliphatic imine (C=N–C) groups is 1. The van der Waals surface area contributed by atoms with E-state index in [2.05, 4.69) is 40.1 Å². The second-order valence-corrected chi connectivity index (χ2v) is 6.45. The molecule has 19 heavy (non-hydrogen) atoms. The smallest absolute Gasteiger partial charge is 0.191 e. The fraction of sp³-hybridized carbons (Fsp3) is 0.667. The number of rotatable bonds is 5. The van der Waals surface area contributed by atoms with E-state index in [1.54, 1.807) is 11.3 Å². The maximum absolute atomic E-state index is 4.31. The average Bonchev–Trinajstić information content (AvgIpc) is 3.11. The maximum Gasteiger partial charge on any atom is 0.191 e. The highest BCUT2D eigenvalue weighted by Crippen LogP contribution is 2.40. The summed E-state index contributed by atoms with van der Waals surface area (Å²) in [6.07, 6.45) is 6.76. The molecule has 1 fully saturated rings. The Labute approximate surface area is 120 Å². The summed E-state index contributed by atoms with van der Waals surface area (Å²) in [6.45, 7) is 4.22. The van der Waals surface area contributed by atoms with Crippen molar-refractivity contribution in [2.24, 2.45) is 10.4 Å². The van der Waals surface area contributed by atoms with Crippen LogP contribution in [0, 0.1) is 5.41 Å². The SMILES string of the molecule is CCC1(CNC(=NC)NCc2cccs2)CCCC1. The second-order valence-electron chi connectivity index (χ2n) is 5.42. The lowest BCUT2D eigenvalue weighted by Gasteiger charge is -2.28. The van der Waals surface area contributed by atoms with Gasteiger partial charge in [0.05, 0.1) is 6.54 Å². The molecule has 0 aliphatic heterocycles. The van der Waals surface area contributed by atoms with Crippen molar-refractivity contribution in [3.05, 3.63) is 22.4 Å². The molecule has 0 aromatic carbocycles. The third kappa shape index (κ3) is 3.96. The third-order valence-corrected chi connectivity index (χ3v) is 5.16. The molecule has 0 amide bonds. The molecular formula is C15H25N3S. The number of nitrogens with zero attached hydrogens (tertiary/aromatic N) is 1. The normalized spacial score (nSPS) is 18.5. The van der Waals surface area contributed by atoms with Gasteiger partial charge in [-0.15, -0.1) is 11.3 Å². The Bertz CT molecular complexity index is 392. The van der Waals surface area contributed by atoms with Crippen molar-refractivity contribution in [2.45, 2.75) is 45.6 Å². The van der Waals surface area contributed by atoms with Crippen molar-refractivity contribution in [3.63, 3.8) is 0 Å². The van der Waals surface area contributed by atoms with Crippen LogP contribution in [-0.4, -0.2) is 19.6 Å². The van der Waals surface area contributed by atoms with Crippen LogP contribution < -0.4 is 10.6 Å². The van der Waals surface area contributed by atoms with Gasteiger partial charge in [0.1, 0.15) is 0 Å². The first-order valence-corrected chi connectivity index (χ1v) is 8.13. The number of thiophene rings is 1. The molecule has 2 rings (SSSR count). The van der Waals surface area contributed by atoms with Gasteiger partial charge >= 0.3 is 0 Å². The lowest BCUT2D eigenvalue weighted by atomic mass is 9.83. The van der Waals surface area contributed by atoms with Crippen LogP contribution in [-0.2, 0) is 6.54 Å². The summed E-state index contributed by atoms with van der Waals surface area (Å²) in [5.74, 6) is 0.924. The van der Waals surface area contributed by atoms with Gasteiger partial charge in [-0.1, -0.05) is 25.8 Å². The molecule has 0 bridgehead atoms. The van der Waals surface area contributed by atoms with Gasteiger partial charge in [0.25, 0.3) is 0 Å². The zero-order valence-corrected chi connectivity index (χ0v) is 12.9. The van der Waals surface area contributed by atoms with Crippen molar-refractivity contribution in [1.29, 1.82) is 0 Å². The zero-order valence-electron chi connectivity index (χ0n) is 12.0. The lowest BCUT2D eigenvalue weighted by Crippen LogP contribution is -2.42. The Kier molecular flexibility index (Phi) is 5.25. The van der Waals surface area contributed by atoms with Crippen molar-refractivity contribution in [2.75, 3.05) is 13.6 Å². The van der Waals surface area contributed by atoms with Crippen LogP contribution in [0.25, 0.3) is 0 Å². The van der Waals surface area contributed by atoms with Crippen molar-refractivity contribution in [3.8, 4) is 0 Å². The Morgan fingerprint density at radius 2 is 2.16 bits per heavy atom. The Hall–Kier alpha value is -1.03. The second kappa shape index (κ2) is 6.94. The van der Waals surface area contributed by atoms with E-state index in [-0.39, 0.29) is 0 Å². The van der Waals surface area contributed by atoms with Gasteiger partial charge < -0.3 is 10.6 Å². The number of hydrogen-bond acceptors (Lipinski definition) is 2. The van der Waals surface area contributed by atoms with Crippen molar-refractivity contribution < 1.29 is 0 Å². The van der Waals surface area contributed by atoms with Gasteiger partial charge in [0, 0.05) is 18.5 Å². The first kappa shape index (κ1) is 14.4. The molecular weight excluding hydrogens is 254 g/mol. The summed E-state index contributed by atoms with van der Waals surface area (Å²) in [5.41, 5.74) is 0.501. The van der Waals surface area contributed by atoms with Crippen molar-refractivity contribution in [1.82, 2.24) is 10.6 Å². The minimum absolute atomic E-state index is 0.501. The van der Waals surface area contributed by atoms with E-state index in [4.69, 9.17) is 0 Å². The minimum Gasteiger partial charge on any atom is -0.356 e. The summed E-state index contributed by atoms with van der Waals surface area (Å²) in [6, 6.07) is 4.23. The summed E-state index contributed by atoms with van der Waals surface area (Å²) in [5, 5.41) is 9.00. The number of hydrogen-bond donors (Lipinski definition) is 2. The molecule has 1 aromatic rings. The van der Waals surface area contributed by atoms with Crippen LogP contribution in [0.15, 0.2) is 22.5 Å². The molecule has 4 heteroatoms. The quantitative estimate of drug-likeness (QED) is 0.640. The van der Waals surface area contributed by atoms with E-state index >= 15 is 0 Å². The Balaban J connectivity index is 1.79. The van der Waals surface area contributed by atoms with Gasteiger partial charge in [0.2, 0.25) is 0 Å². The van der Waals surface area contributed by atoms with E-state index in [9.17, 15) is 0 Å². The lowest BCUT2D eigenvalue weighted by molar-refractivity contribution is 0.283. The number of guanidine groups is 1. The third-order valence-electron chi connectivity index (χ3n) is 4.28. The first-order chi connectivity index (χ1) is 9.28. The highest BCUT2D eigenvalue weighted by molar-refractivity contribution is 7.09. The largest absolute Gasteiger partial charge is 0.356 e. The molecule has 0 spiro atoms. The maximum atomic E-state index is 4.31. The standard InChI is InChI=1S/C15H25N3S/c1-3-15(8-4-5-9-15)12-18-14(16-2)17-11-13-7-6-10-19-13/h6-7,10H,3-5,8-9,11-12H2,1-2H3,(H2,16,17,18). The molecule has 1 saturated carbocycles. The molecule has 1 aliphatic rings. The van der Waals surface area contributed by atoms with Gasteiger partial charge in [-0.2, -0.15) is 0 Å². The Morgan fingerprint density at radius 3 is 2.74 bits per heavy atom. The minimum atomic E-state index is 0.501. The fourth-order valence-electron chi connectivity index (χ4n) is 2.86. The van der Waals surface area contributed by atoms with Crippen LogP contribution in [0.5, 0.6) is 0 Å². The van der Waals surface area contributed by atoms with E-state index < -0.39 is 0 Å². The van der Waals surface area contributed by atoms with E-state index in [1.807, 2.05) is 7.05 Å². The molecule has 3 nitrogen and oxygen atoms in total. The summed E-state index contributed by atoms with van der Waals surface area (Å²) in [4.78, 5) is 5.65. The van der Waals surface area contributed by atoms with Crippen LogP contribution in [0.4, 0.5) is 0 Å². The van der Waals surface area contributed by atoms with E-state index in [0.29, 0.717) is 5.41 Å². The molecule has 1 heterocycles. The van der Waals surface area contributed by atoms with Crippen LogP contribution in [0.1, 0.15) is 43.9 Å². The molecule has 106 valence electrons. The molecule has 2 N–H and O–H groups in total. The summed E-state index contributed by atoms with van der Waals surface area (Å²) >= 11 is 1.78. The molecule has 0 saturated heterocycles. The van der Waals surface area contributed by atoms with Crippen LogP contribution in [0.2, 0.25) is 0 Å². The predicted molar refractivity (Wildman–Crippen MR) is 83.7 cm³/mol. The first-order valence-electron chi connectivity index (χ1n) is 7.25. The average molecular weight is 279 g/mol. The highest BCUT2D eigenvalue weighted by atomic mass is 32.1. The highest BCUT2D eigenvalue weighted by Gasteiger charge is 2.31. The van der Waals surface area contributed by atoms with Gasteiger partial charge in [-0.25, -0.2) is 0 Å². The van der Waals surface area contributed by atoms with Gasteiger partial charge in [-0.05, 0) is 36.1 Å². The molecule has 0 atom stereocenters. The Morgan fingerprint density at radius 1 is 1.37 bits per heavy atom. The van der Waals surface area contributed by atoms with Gasteiger partial charge in [0.15, 0.2) is 5.96 Å². The van der Waals surface area contributed by atoms with Gasteiger partial charge in [-0.3, -0.25) is 4.99 Å². The summed E-state index contributed by atoms with van der Waals surface area (Å²) < 4.78 is 0. The monoisotopic (exact) mass is 279 g/mol. The summed E-state index contributed by atoms with van der Waals surface area (Å²) in [7, 11) is 1.84. The predicted octanol–water partition coefficient (Wildman–Crippen LogP) is 3.38. The molecule has 1 aromatic heterocycles.